The van der Waals surface area contributed by atoms with Crippen molar-refractivity contribution in [3.8, 4) is 11.5 Å². The number of nitrogens with zero attached hydrogens (tertiary/aromatic N) is 3. The normalized spacial score (nSPS) is 29.0. The van der Waals surface area contributed by atoms with E-state index in [-0.39, 0.29) is 69.8 Å². The lowest BCUT2D eigenvalue weighted by atomic mass is 9.55. The highest BCUT2D eigenvalue weighted by Crippen LogP contribution is 2.62. The fourth-order valence-corrected chi connectivity index (χ4v) is 10.8. The van der Waals surface area contributed by atoms with Crippen LogP contribution in [0.25, 0.3) is 0 Å². The molecule has 1 amide bonds. The highest BCUT2D eigenvalue weighted by atomic mass is 16.8. The van der Waals surface area contributed by atoms with Gasteiger partial charge in [0.15, 0.2) is 0 Å². The lowest BCUT2D eigenvalue weighted by Gasteiger charge is -2.60. The molecule has 0 aromatic heterocycles. The molecule has 3 N–H and O–H groups in total. The van der Waals surface area contributed by atoms with E-state index in [1.807, 2.05) is 17.0 Å². The summed E-state index contributed by atoms with van der Waals surface area (Å²) in [6, 6.07) is 5.53. The molecular weight excluding hydrogens is 779 g/mol. The second-order valence-corrected chi connectivity index (χ2v) is 18.0. The lowest BCUT2D eigenvalue weighted by Crippen LogP contribution is -2.70. The third-order valence-corrected chi connectivity index (χ3v) is 13.9. The Balaban J connectivity index is 1.37. The Hall–Kier alpha value is -3.04. The fourth-order valence-electron chi connectivity index (χ4n) is 10.8. The van der Waals surface area contributed by atoms with Gasteiger partial charge in [-0.3, -0.25) is 9.69 Å². The van der Waals surface area contributed by atoms with Crippen molar-refractivity contribution < 1.29 is 48.6 Å². The summed E-state index contributed by atoms with van der Waals surface area (Å²) in [5.74, 6) is 0.402. The van der Waals surface area contributed by atoms with Crippen molar-refractivity contribution in [1.82, 2.24) is 9.80 Å². The van der Waals surface area contributed by atoms with Gasteiger partial charge in [0.25, 0.3) is 0 Å². The van der Waals surface area contributed by atoms with Gasteiger partial charge >= 0.3 is 0 Å². The molecule has 7 rings (SSSR count). The number of allylic oxidation sites excluding steroid dienone is 1. The van der Waals surface area contributed by atoms with Crippen LogP contribution in [0.2, 0.25) is 0 Å². The zero-order valence-electron chi connectivity index (χ0n) is 36.5. The first-order valence-corrected chi connectivity index (χ1v) is 23.7. The minimum absolute atomic E-state index is 0.0210. The van der Waals surface area contributed by atoms with E-state index in [4.69, 9.17) is 33.7 Å². The van der Waals surface area contributed by atoms with Gasteiger partial charge in [0.05, 0.1) is 44.7 Å². The molecule has 7 atom stereocenters. The molecule has 340 valence electrons. The van der Waals surface area contributed by atoms with Crippen LogP contribution in [0.15, 0.2) is 47.7 Å². The maximum absolute atomic E-state index is 14.9. The number of carbonyl (C=O) groups is 1. The summed E-state index contributed by atoms with van der Waals surface area (Å²) in [5, 5.41) is 34.5. The van der Waals surface area contributed by atoms with E-state index in [1.165, 1.54) is 12.8 Å². The maximum Gasteiger partial charge on any atom is 0.239 e. The summed E-state index contributed by atoms with van der Waals surface area (Å²) in [7, 11) is 0. The van der Waals surface area contributed by atoms with Crippen molar-refractivity contribution in [1.29, 1.82) is 0 Å². The van der Waals surface area contributed by atoms with Gasteiger partial charge in [0, 0.05) is 70.1 Å². The zero-order chi connectivity index (χ0) is 42.4. The average molecular weight is 852 g/mol. The van der Waals surface area contributed by atoms with Gasteiger partial charge in [0.1, 0.15) is 24.1 Å². The fraction of sp³-hybridized carbons (Fsp3) is 0.750. The molecular formula is C48H73N3O10. The quantitative estimate of drug-likeness (QED) is 0.0414. The molecule has 1 aromatic carbocycles. The van der Waals surface area contributed by atoms with E-state index in [0.29, 0.717) is 50.6 Å². The molecule has 1 aromatic rings. The molecule has 3 heterocycles. The second-order valence-electron chi connectivity index (χ2n) is 18.0. The number of carbonyl (C=O) groups excluding carboxylic acids is 1. The summed E-state index contributed by atoms with van der Waals surface area (Å²) < 4.78 is 32.9. The van der Waals surface area contributed by atoms with Gasteiger partial charge in [-0.2, -0.15) is 0 Å². The largest absolute Gasteiger partial charge is 0.492 e. The Morgan fingerprint density at radius 3 is 2.51 bits per heavy atom. The molecule has 4 fully saturated rings. The summed E-state index contributed by atoms with van der Waals surface area (Å²) in [5.41, 5.74) is 2.80. The Kier molecular flexibility index (Phi) is 17.4. The minimum atomic E-state index is -1.34. The van der Waals surface area contributed by atoms with Crippen molar-refractivity contribution in [2.45, 2.75) is 127 Å². The van der Waals surface area contributed by atoms with Crippen molar-refractivity contribution in [2.75, 3.05) is 79.0 Å². The van der Waals surface area contributed by atoms with Crippen molar-refractivity contribution >= 4 is 11.6 Å². The molecule has 0 radical (unpaired) electrons. The zero-order valence-corrected chi connectivity index (χ0v) is 36.5. The van der Waals surface area contributed by atoms with Crippen molar-refractivity contribution in [2.24, 2.45) is 28.8 Å². The lowest BCUT2D eigenvalue weighted by molar-refractivity contribution is -0.258. The number of aliphatic hydroxyl groups is 3. The molecule has 61 heavy (non-hydrogen) atoms. The Morgan fingerprint density at radius 2 is 1.77 bits per heavy atom. The van der Waals surface area contributed by atoms with Crippen molar-refractivity contribution in [3.63, 3.8) is 0 Å². The third kappa shape index (κ3) is 11.6. The van der Waals surface area contributed by atoms with Crippen molar-refractivity contribution in [3.05, 3.63) is 48.1 Å². The Morgan fingerprint density at radius 1 is 0.967 bits per heavy atom. The molecule has 3 aliphatic carbocycles. The standard InChI is InChI=1S/C48H73N3O10/c1-2-27-59-48-43(51(23-29-56-31-26-54)44(55)19-16-35-11-3-4-12-35)34-41(49-61-45-15-7-10-28-58-45)39-32-36(13-5-8-24-52)38(14-6-9-25-53)46(47(39)48)40-33-37(17-18-42(40)60-48)57-30-22-50-20-21-50/h2,17-18,32-33,35-36,38,43,45-47,52-54H,1,3-16,19-31,34H2. The van der Waals surface area contributed by atoms with Crippen LogP contribution in [-0.2, 0) is 23.8 Å². The second kappa shape index (κ2) is 23.1. The monoisotopic (exact) mass is 852 g/mol. The molecule has 13 nitrogen and oxygen atoms in total. The van der Waals surface area contributed by atoms with Gasteiger partial charge in [0.2, 0.25) is 18.0 Å². The first kappa shape index (κ1) is 46.0. The summed E-state index contributed by atoms with van der Waals surface area (Å²) >= 11 is 0. The van der Waals surface area contributed by atoms with Crippen LogP contribution >= 0.6 is 0 Å². The predicted octanol–water partition coefficient (Wildman–Crippen LogP) is 6.35. The predicted molar refractivity (Wildman–Crippen MR) is 232 cm³/mol. The summed E-state index contributed by atoms with van der Waals surface area (Å²) in [4.78, 5) is 25.5. The number of hydrogen-bond acceptors (Lipinski definition) is 12. The van der Waals surface area contributed by atoms with Crippen LogP contribution in [0.3, 0.4) is 0 Å². The van der Waals surface area contributed by atoms with Gasteiger partial charge in [-0.05, 0) is 86.5 Å². The summed E-state index contributed by atoms with van der Waals surface area (Å²) in [6.07, 6.45) is 17.5. The maximum atomic E-state index is 14.9. The van der Waals surface area contributed by atoms with Gasteiger partial charge in [-0.1, -0.05) is 55.8 Å². The van der Waals surface area contributed by atoms with E-state index < -0.39 is 24.0 Å². The van der Waals surface area contributed by atoms with Gasteiger partial charge < -0.3 is 48.7 Å². The highest BCUT2D eigenvalue weighted by molar-refractivity contribution is 6.03. The molecule has 2 saturated carbocycles. The summed E-state index contributed by atoms with van der Waals surface area (Å²) in [6.45, 7) is 9.41. The molecule has 13 heteroatoms. The van der Waals surface area contributed by atoms with Crippen LogP contribution in [0.4, 0.5) is 0 Å². The van der Waals surface area contributed by atoms with Gasteiger partial charge in [-0.25, -0.2) is 0 Å². The number of benzene rings is 1. The van der Waals surface area contributed by atoms with Crippen LogP contribution in [0.5, 0.6) is 11.5 Å². The van der Waals surface area contributed by atoms with E-state index in [9.17, 15) is 20.1 Å². The van der Waals surface area contributed by atoms with E-state index in [1.54, 1.807) is 6.08 Å². The Labute approximate surface area is 363 Å². The van der Waals surface area contributed by atoms with Crippen LogP contribution in [-0.4, -0.2) is 134 Å². The van der Waals surface area contributed by atoms with Crippen LogP contribution in [0.1, 0.15) is 114 Å². The first-order chi connectivity index (χ1) is 30.0. The SMILES string of the molecule is C=CCOC12Oc3ccc(OCCN4CC4)cc3C3C(CCCCO)C(CCCCO)C=C(C(=NOC4CCCCO4)CC1N(CCOCCO)C(=O)CCC1CCCC1)C32. The molecule has 0 spiro atoms. The van der Waals surface area contributed by atoms with E-state index >= 15 is 0 Å². The molecule has 7 unspecified atom stereocenters. The van der Waals surface area contributed by atoms with E-state index in [2.05, 4.69) is 23.6 Å². The minimum Gasteiger partial charge on any atom is -0.492 e. The van der Waals surface area contributed by atoms with Crippen LogP contribution < -0.4 is 9.47 Å². The number of aliphatic hydroxyl groups excluding tert-OH is 3. The highest BCUT2D eigenvalue weighted by Gasteiger charge is 2.65. The molecule has 2 saturated heterocycles. The smallest absolute Gasteiger partial charge is 0.239 e. The number of rotatable bonds is 26. The Bertz CT molecular complexity index is 1610. The number of amides is 1. The number of hydrogen-bond donors (Lipinski definition) is 3. The third-order valence-electron chi connectivity index (χ3n) is 13.9. The molecule has 6 aliphatic rings. The number of ether oxygens (including phenoxy) is 5. The number of oxime groups is 1. The molecule has 3 aliphatic heterocycles. The topological polar surface area (TPSA) is 152 Å². The van der Waals surface area contributed by atoms with E-state index in [0.717, 1.165) is 106 Å². The first-order valence-electron chi connectivity index (χ1n) is 23.7. The van der Waals surface area contributed by atoms with Crippen LogP contribution in [0, 0.1) is 23.7 Å². The number of fused-ring (bicyclic) bond motifs is 2. The average Bonchev–Trinajstić information content (AvgIpc) is 3.96. The molecule has 0 bridgehead atoms. The van der Waals surface area contributed by atoms with Gasteiger partial charge in [-0.15, -0.1) is 6.58 Å². The number of unbranched alkanes of at least 4 members (excludes halogenated alkanes) is 2.